The first kappa shape index (κ1) is 16.4. The number of hydrogen-bond donors (Lipinski definition) is 1. The minimum Gasteiger partial charge on any atom is -0.332 e. The van der Waals surface area contributed by atoms with Gasteiger partial charge in [-0.2, -0.15) is 0 Å². The Balaban J connectivity index is 1.67. The predicted octanol–water partition coefficient (Wildman–Crippen LogP) is 2.73. The van der Waals surface area contributed by atoms with Gasteiger partial charge in [-0.15, -0.1) is 5.10 Å². The number of benzene rings is 1. The number of halogens is 1. The van der Waals surface area contributed by atoms with Crippen LogP contribution in [0.1, 0.15) is 37.6 Å². The third-order valence-corrected chi connectivity index (χ3v) is 4.34. The third kappa shape index (κ3) is 3.55. The molecule has 3 rings (SSSR count). The Kier molecular flexibility index (Phi) is 4.78. The van der Waals surface area contributed by atoms with Gasteiger partial charge < -0.3 is 10.2 Å². The molecule has 2 heterocycles. The van der Waals surface area contributed by atoms with Crippen molar-refractivity contribution >= 4 is 6.03 Å². The molecule has 2 atom stereocenters. The van der Waals surface area contributed by atoms with Crippen molar-refractivity contribution in [3.63, 3.8) is 0 Å². The molecule has 2 amide bonds. The van der Waals surface area contributed by atoms with E-state index in [0.29, 0.717) is 19.0 Å². The Hall–Kier alpha value is -2.44. The number of carbonyl (C=O) groups is 1. The van der Waals surface area contributed by atoms with Gasteiger partial charge >= 0.3 is 6.03 Å². The van der Waals surface area contributed by atoms with E-state index >= 15 is 0 Å². The molecule has 0 spiro atoms. The van der Waals surface area contributed by atoms with Crippen LogP contribution in [0.25, 0.3) is 0 Å². The molecule has 1 aliphatic heterocycles. The standard InChI is InChI=1S/C17H22FN5O/c1-3-22-11-15(20-21-22)9-19-17(24)23-10-12(2)7-16(23)13-5-4-6-14(18)8-13/h4-6,8,11-12,16H,3,7,9-10H2,1-2H3,(H,19,24). The van der Waals surface area contributed by atoms with E-state index in [1.54, 1.807) is 15.6 Å². The molecule has 24 heavy (non-hydrogen) atoms. The first-order valence-electron chi connectivity index (χ1n) is 8.25. The first-order chi connectivity index (χ1) is 11.6. The molecule has 0 aliphatic carbocycles. The maximum Gasteiger partial charge on any atom is 0.318 e. The lowest BCUT2D eigenvalue weighted by atomic mass is 10.0. The van der Waals surface area contributed by atoms with E-state index in [9.17, 15) is 9.18 Å². The summed E-state index contributed by atoms with van der Waals surface area (Å²) in [5, 5.41) is 10.9. The van der Waals surface area contributed by atoms with Crippen molar-refractivity contribution in [1.82, 2.24) is 25.2 Å². The number of hydrogen-bond acceptors (Lipinski definition) is 3. The topological polar surface area (TPSA) is 63.1 Å². The summed E-state index contributed by atoms with van der Waals surface area (Å²) in [7, 11) is 0. The van der Waals surface area contributed by atoms with Gasteiger partial charge in [0, 0.05) is 13.1 Å². The zero-order valence-corrected chi connectivity index (χ0v) is 13.9. The van der Waals surface area contributed by atoms with Gasteiger partial charge in [0.1, 0.15) is 11.5 Å². The summed E-state index contributed by atoms with van der Waals surface area (Å²) in [5.41, 5.74) is 1.56. The Morgan fingerprint density at radius 3 is 3.00 bits per heavy atom. The van der Waals surface area contributed by atoms with Crippen LogP contribution in [0.5, 0.6) is 0 Å². The second-order valence-electron chi connectivity index (χ2n) is 6.29. The molecule has 1 aliphatic rings. The van der Waals surface area contributed by atoms with Gasteiger partial charge in [-0.3, -0.25) is 4.68 Å². The van der Waals surface area contributed by atoms with Crippen LogP contribution in [0.15, 0.2) is 30.5 Å². The van der Waals surface area contributed by atoms with E-state index in [2.05, 4.69) is 22.6 Å². The summed E-state index contributed by atoms with van der Waals surface area (Å²) >= 11 is 0. The van der Waals surface area contributed by atoms with Crippen LogP contribution in [-0.4, -0.2) is 32.5 Å². The lowest BCUT2D eigenvalue weighted by molar-refractivity contribution is 0.191. The molecule has 0 saturated carbocycles. The molecular weight excluding hydrogens is 309 g/mol. The van der Waals surface area contributed by atoms with E-state index in [1.807, 2.05) is 19.2 Å². The van der Waals surface area contributed by atoms with Crippen LogP contribution in [0.4, 0.5) is 9.18 Å². The summed E-state index contributed by atoms with van der Waals surface area (Å²) in [4.78, 5) is 14.4. The Morgan fingerprint density at radius 2 is 2.29 bits per heavy atom. The second kappa shape index (κ2) is 6.98. The fraction of sp³-hybridized carbons (Fsp3) is 0.471. The van der Waals surface area contributed by atoms with Crippen molar-refractivity contribution < 1.29 is 9.18 Å². The van der Waals surface area contributed by atoms with Gasteiger partial charge in [-0.05, 0) is 37.0 Å². The molecule has 2 unspecified atom stereocenters. The van der Waals surface area contributed by atoms with E-state index < -0.39 is 0 Å². The van der Waals surface area contributed by atoms with Crippen molar-refractivity contribution in [2.45, 2.75) is 39.4 Å². The third-order valence-electron chi connectivity index (χ3n) is 4.34. The highest BCUT2D eigenvalue weighted by atomic mass is 19.1. The quantitative estimate of drug-likeness (QED) is 0.937. The van der Waals surface area contributed by atoms with Crippen molar-refractivity contribution in [1.29, 1.82) is 0 Å². The van der Waals surface area contributed by atoms with Gasteiger partial charge in [0.05, 0.1) is 18.8 Å². The molecule has 6 nitrogen and oxygen atoms in total. The molecule has 0 bridgehead atoms. The number of nitrogens with zero attached hydrogens (tertiary/aromatic N) is 4. The molecular formula is C17H22FN5O. The number of amides is 2. The number of rotatable bonds is 4. The monoisotopic (exact) mass is 331 g/mol. The lowest BCUT2D eigenvalue weighted by Crippen LogP contribution is -2.39. The van der Waals surface area contributed by atoms with E-state index in [1.165, 1.54) is 12.1 Å². The normalized spacial score (nSPS) is 20.4. The Morgan fingerprint density at radius 1 is 1.46 bits per heavy atom. The zero-order valence-electron chi connectivity index (χ0n) is 13.9. The van der Waals surface area contributed by atoms with Crippen LogP contribution in [0.2, 0.25) is 0 Å². The lowest BCUT2D eigenvalue weighted by Gasteiger charge is -2.25. The minimum absolute atomic E-state index is 0.0953. The largest absolute Gasteiger partial charge is 0.332 e. The van der Waals surface area contributed by atoms with Gasteiger partial charge in [0.2, 0.25) is 0 Å². The van der Waals surface area contributed by atoms with Crippen molar-refractivity contribution in [3.8, 4) is 0 Å². The molecule has 7 heteroatoms. The summed E-state index contributed by atoms with van der Waals surface area (Å²) in [5.74, 6) is 0.105. The number of urea groups is 1. The van der Waals surface area contributed by atoms with Gasteiger partial charge in [-0.25, -0.2) is 9.18 Å². The smallest absolute Gasteiger partial charge is 0.318 e. The fourth-order valence-electron chi connectivity index (χ4n) is 3.14. The van der Waals surface area contributed by atoms with Gasteiger partial charge in [0.15, 0.2) is 0 Å². The Bertz CT molecular complexity index is 717. The fourth-order valence-corrected chi connectivity index (χ4v) is 3.14. The summed E-state index contributed by atoms with van der Waals surface area (Å²) in [6.45, 7) is 5.82. The highest BCUT2D eigenvalue weighted by Crippen LogP contribution is 2.35. The van der Waals surface area contributed by atoms with Crippen LogP contribution in [0.3, 0.4) is 0 Å². The van der Waals surface area contributed by atoms with Crippen LogP contribution in [0, 0.1) is 11.7 Å². The molecule has 1 saturated heterocycles. The van der Waals surface area contributed by atoms with Gasteiger partial charge in [0.25, 0.3) is 0 Å². The predicted molar refractivity (Wildman–Crippen MR) is 87.6 cm³/mol. The molecule has 1 N–H and O–H groups in total. The van der Waals surface area contributed by atoms with Crippen LogP contribution in [-0.2, 0) is 13.1 Å². The van der Waals surface area contributed by atoms with Crippen molar-refractivity contribution in [3.05, 3.63) is 47.5 Å². The molecule has 1 aromatic carbocycles. The molecule has 1 fully saturated rings. The van der Waals surface area contributed by atoms with E-state index in [0.717, 1.165) is 24.2 Å². The minimum atomic E-state index is -0.274. The molecule has 2 aromatic rings. The summed E-state index contributed by atoms with van der Waals surface area (Å²) in [6, 6.07) is 6.24. The highest BCUT2D eigenvalue weighted by Gasteiger charge is 2.34. The second-order valence-corrected chi connectivity index (χ2v) is 6.29. The first-order valence-corrected chi connectivity index (χ1v) is 8.25. The van der Waals surface area contributed by atoms with E-state index in [-0.39, 0.29) is 17.9 Å². The molecule has 128 valence electrons. The van der Waals surface area contributed by atoms with Gasteiger partial charge in [-0.1, -0.05) is 24.3 Å². The van der Waals surface area contributed by atoms with Crippen molar-refractivity contribution in [2.75, 3.05) is 6.54 Å². The highest BCUT2D eigenvalue weighted by molar-refractivity contribution is 5.75. The average Bonchev–Trinajstić information content (AvgIpc) is 3.19. The number of likely N-dealkylation sites (tertiary alicyclic amines) is 1. The number of aromatic nitrogens is 3. The maximum atomic E-state index is 13.5. The number of carbonyl (C=O) groups excluding carboxylic acids is 1. The van der Waals surface area contributed by atoms with E-state index in [4.69, 9.17) is 0 Å². The number of nitrogens with one attached hydrogen (secondary N) is 1. The van der Waals surface area contributed by atoms with Crippen LogP contribution < -0.4 is 5.32 Å². The van der Waals surface area contributed by atoms with Crippen molar-refractivity contribution in [2.24, 2.45) is 5.92 Å². The SMILES string of the molecule is CCn1cc(CNC(=O)N2CC(C)CC2c2cccc(F)c2)nn1. The van der Waals surface area contributed by atoms with Crippen LogP contribution >= 0.6 is 0 Å². The maximum absolute atomic E-state index is 13.5. The zero-order chi connectivity index (χ0) is 17.1. The number of aryl methyl sites for hydroxylation is 1. The summed E-state index contributed by atoms with van der Waals surface area (Å²) < 4.78 is 15.2. The molecule has 0 radical (unpaired) electrons. The Labute approximate surface area is 140 Å². The molecule has 1 aromatic heterocycles. The summed E-state index contributed by atoms with van der Waals surface area (Å²) in [6.07, 6.45) is 2.65. The average molecular weight is 331 g/mol.